The van der Waals surface area contributed by atoms with E-state index in [1.807, 2.05) is 68.2 Å². The van der Waals surface area contributed by atoms with Gasteiger partial charge in [-0.1, -0.05) is 18.2 Å². The number of aliphatic imine (C=N–C) groups is 1. The van der Waals surface area contributed by atoms with Crippen molar-refractivity contribution >= 4 is 36.0 Å². The first-order chi connectivity index (χ1) is 13.9. The van der Waals surface area contributed by atoms with Gasteiger partial charge in [0.25, 0.3) is 0 Å². The Morgan fingerprint density at radius 2 is 2.00 bits per heavy atom. The Bertz CT molecular complexity index is 892. The van der Waals surface area contributed by atoms with Crippen molar-refractivity contribution in [3.05, 3.63) is 48.3 Å². The van der Waals surface area contributed by atoms with E-state index in [2.05, 4.69) is 20.3 Å². The zero-order valence-corrected chi connectivity index (χ0v) is 19.9. The molecule has 0 bridgehead atoms. The Morgan fingerprint density at radius 1 is 1.23 bits per heavy atom. The number of aromatic nitrogens is 2. The van der Waals surface area contributed by atoms with Crippen molar-refractivity contribution in [1.29, 1.82) is 0 Å². The summed E-state index contributed by atoms with van der Waals surface area (Å²) in [7, 11) is 0. The van der Waals surface area contributed by atoms with E-state index in [1.165, 1.54) is 0 Å². The number of carbonyl (C=O) groups is 1. The Balaban J connectivity index is 0.00000256. The lowest BCUT2D eigenvalue weighted by Gasteiger charge is -2.39. The monoisotopic (exact) mass is 524 g/mol. The van der Waals surface area contributed by atoms with E-state index >= 15 is 0 Å². The van der Waals surface area contributed by atoms with Gasteiger partial charge in [-0.05, 0) is 32.9 Å². The van der Waals surface area contributed by atoms with Crippen LogP contribution in [0.3, 0.4) is 0 Å². The van der Waals surface area contributed by atoms with Gasteiger partial charge in [0.1, 0.15) is 5.60 Å². The van der Waals surface area contributed by atoms with Gasteiger partial charge in [0.2, 0.25) is 0 Å². The van der Waals surface area contributed by atoms with Crippen LogP contribution in [0.1, 0.15) is 26.3 Å². The Kier molecular flexibility index (Phi) is 6.89. The molecule has 1 amide bonds. The van der Waals surface area contributed by atoms with Crippen LogP contribution in [0, 0.1) is 0 Å². The molecule has 1 atom stereocenters. The number of nitrogens with zero attached hydrogens (tertiary/aromatic N) is 5. The van der Waals surface area contributed by atoms with E-state index < -0.39 is 5.60 Å². The molecule has 162 valence electrons. The summed E-state index contributed by atoms with van der Waals surface area (Å²) in [5.74, 6) is 0.895. The lowest BCUT2D eigenvalue weighted by Crippen LogP contribution is -2.57. The summed E-state index contributed by atoms with van der Waals surface area (Å²) >= 11 is 0. The molecule has 2 aromatic rings. The van der Waals surface area contributed by atoms with Crippen LogP contribution in [0.5, 0.6) is 0 Å². The van der Waals surface area contributed by atoms with E-state index in [0.29, 0.717) is 26.2 Å². The van der Waals surface area contributed by atoms with Crippen molar-refractivity contribution in [2.45, 2.75) is 39.0 Å². The van der Waals surface area contributed by atoms with Crippen molar-refractivity contribution < 1.29 is 9.53 Å². The molecule has 1 aromatic carbocycles. The van der Waals surface area contributed by atoms with Crippen molar-refractivity contribution in [2.75, 3.05) is 26.2 Å². The largest absolute Gasteiger partial charge is 0.444 e. The normalized spacial score (nSPS) is 18.4. The van der Waals surface area contributed by atoms with Gasteiger partial charge >= 0.3 is 6.09 Å². The maximum Gasteiger partial charge on any atom is 0.410 e. The van der Waals surface area contributed by atoms with Crippen molar-refractivity contribution in [3.63, 3.8) is 0 Å². The average molecular weight is 524 g/mol. The third kappa shape index (κ3) is 5.24. The third-order valence-corrected chi connectivity index (χ3v) is 4.97. The number of ether oxygens (including phenoxy) is 1. The highest BCUT2D eigenvalue weighted by Gasteiger charge is 2.36. The summed E-state index contributed by atoms with van der Waals surface area (Å²) < 4.78 is 7.37. The van der Waals surface area contributed by atoms with Crippen molar-refractivity contribution in [3.8, 4) is 5.69 Å². The number of piperazine rings is 1. The number of nitrogens with one attached hydrogen (secondary N) is 1. The number of hydrogen-bond donors (Lipinski definition) is 1. The van der Waals surface area contributed by atoms with Crippen LogP contribution in [-0.2, 0) is 11.3 Å². The van der Waals surface area contributed by atoms with Crippen LogP contribution in [0.4, 0.5) is 4.79 Å². The molecule has 0 saturated carbocycles. The van der Waals surface area contributed by atoms with Gasteiger partial charge in [0, 0.05) is 37.9 Å². The van der Waals surface area contributed by atoms with Crippen molar-refractivity contribution in [1.82, 2.24) is 24.9 Å². The first kappa shape index (κ1) is 22.4. The maximum atomic E-state index is 12.3. The van der Waals surface area contributed by atoms with Crippen LogP contribution < -0.4 is 5.32 Å². The molecule has 1 saturated heterocycles. The van der Waals surface area contributed by atoms with Gasteiger partial charge < -0.3 is 19.9 Å². The van der Waals surface area contributed by atoms with Crippen LogP contribution in [-0.4, -0.2) is 69.5 Å². The quantitative estimate of drug-likeness (QED) is 0.626. The Morgan fingerprint density at radius 3 is 2.73 bits per heavy atom. The maximum absolute atomic E-state index is 12.3. The fourth-order valence-electron chi connectivity index (χ4n) is 3.58. The molecule has 2 aliphatic rings. The summed E-state index contributed by atoms with van der Waals surface area (Å²) in [6.07, 6.45) is 3.65. The highest BCUT2D eigenvalue weighted by Crippen LogP contribution is 2.19. The number of guanidine groups is 1. The van der Waals surface area contributed by atoms with Crippen LogP contribution in [0.25, 0.3) is 5.69 Å². The average Bonchev–Trinajstić information content (AvgIpc) is 3.32. The molecule has 4 rings (SSSR count). The van der Waals surface area contributed by atoms with Gasteiger partial charge in [-0.3, -0.25) is 4.99 Å². The van der Waals surface area contributed by atoms with Crippen molar-refractivity contribution in [2.24, 2.45) is 4.99 Å². The van der Waals surface area contributed by atoms with E-state index in [1.54, 1.807) is 4.90 Å². The number of carbonyl (C=O) groups excluding carboxylic acids is 1. The molecule has 0 spiro atoms. The molecule has 3 heterocycles. The molecule has 2 aliphatic heterocycles. The number of benzene rings is 1. The third-order valence-electron chi connectivity index (χ3n) is 4.97. The summed E-state index contributed by atoms with van der Waals surface area (Å²) in [5.41, 5.74) is 1.65. The molecule has 0 radical (unpaired) electrons. The predicted octanol–water partition coefficient (Wildman–Crippen LogP) is 2.87. The zero-order valence-electron chi connectivity index (χ0n) is 17.6. The second kappa shape index (κ2) is 9.23. The first-order valence-electron chi connectivity index (χ1n) is 10.0. The molecular formula is C21H29IN6O2. The minimum Gasteiger partial charge on any atom is -0.444 e. The molecular weight excluding hydrogens is 495 g/mol. The Labute approximate surface area is 194 Å². The molecule has 0 aliphatic carbocycles. The van der Waals surface area contributed by atoms with Crippen LogP contribution in [0.15, 0.2) is 47.7 Å². The van der Waals surface area contributed by atoms with E-state index in [9.17, 15) is 4.79 Å². The van der Waals surface area contributed by atoms with Gasteiger partial charge in [0.05, 0.1) is 24.5 Å². The van der Waals surface area contributed by atoms with E-state index in [-0.39, 0.29) is 36.1 Å². The number of para-hydroxylation sites is 1. The summed E-state index contributed by atoms with van der Waals surface area (Å²) in [5, 5.41) is 7.87. The minimum absolute atomic E-state index is 0. The fraction of sp³-hybridized carbons (Fsp3) is 0.476. The van der Waals surface area contributed by atoms with Gasteiger partial charge in [-0.2, -0.15) is 5.10 Å². The number of fused-ring (bicyclic) bond motifs is 1. The first-order valence-corrected chi connectivity index (χ1v) is 10.0. The molecule has 9 heteroatoms. The van der Waals surface area contributed by atoms with Crippen LogP contribution >= 0.6 is 24.0 Å². The number of hydrogen-bond acceptors (Lipinski definition) is 6. The summed E-state index contributed by atoms with van der Waals surface area (Å²) in [6, 6.07) is 10.2. The SMILES string of the molecule is CC(C)(C)OC(=O)N1CCN2C(NCc3cnn(-c4ccccc4)c3)=NCC2C1.I. The number of rotatable bonds is 3. The molecule has 1 unspecified atom stereocenters. The smallest absolute Gasteiger partial charge is 0.410 e. The van der Waals surface area contributed by atoms with E-state index in [0.717, 1.165) is 23.8 Å². The molecule has 30 heavy (non-hydrogen) atoms. The summed E-state index contributed by atoms with van der Waals surface area (Å²) in [4.78, 5) is 21.0. The minimum atomic E-state index is -0.475. The summed E-state index contributed by atoms with van der Waals surface area (Å²) in [6.45, 7) is 9.04. The topological polar surface area (TPSA) is 75.0 Å². The second-order valence-corrected chi connectivity index (χ2v) is 8.42. The molecule has 1 N–H and O–H groups in total. The van der Waals surface area contributed by atoms with Crippen LogP contribution in [0.2, 0.25) is 0 Å². The molecule has 8 nitrogen and oxygen atoms in total. The van der Waals surface area contributed by atoms with Gasteiger partial charge in [-0.25, -0.2) is 9.48 Å². The predicted molar refractivity (Wildman–Crippen MR) is 126 cm³/mol. The standard InChI is InChI=1S/C21H28N6O2.HI/c1-21(2,3)29-20(28)25-9-10-26-18(15-25)13-23-19(26)22-11-16-12-24-27(14-16)17-7-5-4-6-8-17;/h4-8,12,14,18H,9-11,13,15H2,1-3H3,(H,22,23);1H. The van der Waals surface area contributed by atoms with Gasteiger partial charge in [-0.15, -0.1) is 24.0 Å². The lowest BCUT2D eigenvalue weighted by molar-refractivity contribution is 0.0137. The number of halogens is 1. The van der Waals surface area contributed by atoms with E-state index in [4.69, 9.17) is 4.74 Å². The molecule has 1 fully saturated rings. The lowest BCUT2D eigenvalue weighted by atomic mass is 10.2. The molecule has 1 aromatic heterocycles. The fourth-order valence-corrected chi connectivity index (χ4v) is 3.58. The number of amides is 1. The highest BCUT2D eigenvalue weighted by molar-refractivity contribution is 14.0. The highest BCUT2D eigenvalue weighted by atomic mass is 127. The Hall–Kier alpha value is -2.30. The van der Waals surface area contributed by atoms with Gasteiger partial charge in [0.15, 0.2) is 5.96 Å². The second-order valence-electron chi connectivity index (χ2n) is 8.42. The zero-order chi connectivity index (χ0) is 20.4.